The van der Waals surface area contributed by atoms with E-state index in [4.69, 9.17) is 5.84 Å². The van der Waals surface area contributed by atoms with Crippen LogP contribution in [0, 0.1) is 0 Å². The topological polar surface area (TPSA) is 26.0 Å². The predicted molar refractivity (Wildman–Crippen MR) is 73.0 cm³/mol. The molecule has 0 unspecified atom stereocenters. The molecule has 3 heteroatoms. The van der Waals surface area contributed by atoms with E-state index in [-0.39, 0.29) is 17.0 Å². The molecule has 0 atom stereocenters. The lowest BCUT2D eigenvalue weighted by atomic mass is 10.1. The Labute approximate surface area is 119 Å². The maximum Gasteiger partial charge on any atom is 0.0955 e. The lowest BCUT2D eigenvalue weighted by Gasteiger charge is -2.21. The summed E-state index contributed by atoms with van der Waals surface area (Å²) in [6, 6.07) is 0. The van der Waals surface area contributed by atoms with Crippen molar-refractivity contribution >= 4 is 0 Å². The number of rotatable bonds is 11. The molecule has 0 bridgehead atoms. The average Bonchev–Trinajstić information content (AvgIpc) is 2.19. The first-order valence-corrected chi connectivity index (χ1v) is 7.18. The van der Waals surface area contributed by atoms with Crippen LogP contribution in [0.3, 0.4) is 0 Å². The van der Waals surface area contributed by atoms with Crippen LogP contribution in [-0.2, 0) is 0 Å². The van der Waals surface area contributed by atoms with Crippen LogP contribution in [-0.4, -0.2) is 25.2 Å². The maximum atomic E-state index is 5.88. The van der Waals surface area contributed by atoms with Crippen LogP contribution >= 0.6 is 0 Å². The van der Waals surface area contributed by atoms with Gasteiger partial charge in [-0.3, -0.25) is 4.59 Å². The zero-order valence-corrected chi connectivity index (χ0v) is 13.8. The first-order chi connectivity index (χ1) is 7.56. The van der Waals surface area contributed by atoms with E-state index in [0.29, 0.717) is 4.59 Å². The van der Waals surface area contributed by atoms with E-state index in [1.54, 1.807) is 0 Å². The Morgan fingerprint density at radius 3 is 1.41 bits per heavy atom. The van der Waals surface area contributed by atoms with Gasteiger partial charge < -0.3 is 17.0 Å². The molecule has 0 amide bonds. The number of nitrogens with zero attached hydrogens (tertiary/aromatic N) is 1. The second-order valence-electron chi connectivity index (χ2n) is 5.68. The van der Waals surface area contributed by atoms with E-state index >= 15 is 0 Å². The minimum absolute atomic E-state index is 0. The summed E-state index contributed by atoms with van der Waals surface area (Å²) in [7, 11) is 4.13. The van der Waals surface area contributed by atoms with Gasteiger partial charge in [0.15, 0.2) is 0 Å². The normalized spacial score (nSPS) is 11.3. The van der Waals surface area contributed by atoms with E-state index < -0.39 is 0 Å². The smallest absolute Gasteiger partial charge is 0.0955 e. The molecular weight excluding hydrogens is 276 g/mol. The molecule has 17 heavy (non-hydrogen) atoms. The van der Waals surface area contributed by atoms with Gasteiger partial charge in [0, 0.05) is 0 Å². The summed E-state index contributed by atoms with van der Waals surface area (Å²) in [6.45, 7) is 3.38. The zero-order valence-electron chi connectivity index (χ0n) is 12.2. The number of hydrogen-bond acceptors (Lipinski definition) is 1. The maximum absolute atomic E-state index is 5.88. The SMILES string of the molecule is CCCCCCCCCCCC[N+](C)(C)N.[Br-]. The molecule has 2 nitrogen and oxygen atoms in total. The van der Waals surface area contributed by atoms with Crippen molar-refractivity contribution in [3.8, 4) is 0 Å². The van der Waals surface area contributed by atoms with Gasteiger partial charge in [-0.15, -0.1) is 0 Å². The van der Waals surface area contributed by atoms with Crippen molar-refractivity contribution in [3.05, 3.63) is 0 Å². The molecule has 0 heterocycles. The Bertz CT molecular complexity index is 144. The number of nitrogens with two attached hydrogens (primary N) is 1. The molecule has 0 saturated carbocycles. The third-order valence-electron chi connectivity index (χ3n) is 3.09. The second kappa shape index (κ2) is 12.8. The van der Waals surface area contributed by atoms with Gasteiger partial charge in [0.2, 0.25) is 0 Å². The molecule has 0 aliphatic rings. The predicted octanol–water partition coefficient (Wildman–Crippen LogP) is 0.861. The highest BCUT2D eigenvalue weighted by Crippen LogP contribution is 2.10. The van der Waals surface area contributed by atoms with Gasteiger partial charge in [0.1, 0.15) is 0 Å². The second-order valence-corrected chi connectivity index (χ2v) is 5.68. The van der Waals surface area contributed by atoms with Gasteiger partial charge in [0.25, 0.3) is 0 Å². The van der Waals surface area contributed by atoms with E-state index in [1.165, 1.54) is 64.2 Å². The highest BCUT2D eigenvalue weighted by atomic mass is 79.9. The minimum Gasteiger partial charge on any atom is -1.00 e. The summed E-state index contributed by atoms with van der Waals surface area (Å²) >= 11 is 0. The monoisotopic (exact) mass is 308 g/mol. The van der Waals surface area contributed by atoms with Crippen LogP contribution in [0.1, 0.15) is 71.1 Å². The summed E-state index contributed by atoms with van der Waals surface area (Å²) in [4.78, 5) is 0. The summed E-state index contributed by atoms with van der Waals surface area (Å²) in [5.74, 6) is 5.88. The lowest BCUT2D eigenvalue weighted by molar-refractivity contribution is -0.902. The molecule has 0 aromatic rings. The molecule has 0 spiro atoms. The first-order valence-electron chi connectivity index (χ1n) is 7.18. The Hall–Kier alpha value is 0.400. The standard InChI is InChI=1S/C14H33N2.BrH/c1-4-5-6-7-8-9-10-11-12-13-14-16(2,3)15;/h4-15H2,1-3H3;1H/q+1;/p-1. The van der Waals surface area contributed by atoms with E-state index in [2.05, 4.69) is 21.0 Å². The van der Waals surface area contributed by atoms with Crippen LogP contribution < -0.4 is 22.8 Å². The molecule has 0 aliphatic heterocycles. The van der Waals surface area contributed by atoms with Crippen molar-refractivity contribution in [1.82, 2.24) is 0 Å². The van der Waals surface area contributed by atoms with Crippen molar-refractivity contribution < 1.29 is 21.6 Å². The van der Waals surface area contributed by atoms with Gasteiger partial charge in [-0.25, -0.2) is 0 Å². The summed E-state index contributed by atoms with van der Waals surface area (Å²) in [5.41, 5.74) is 0. The van der Waals surface area contributed by atoms with Crippen molar-refractivity contribution in [2.24, 2.45) is 5.84 Å². The van der Waals surface area contributed by atoms with Crippen molar-refractivity contribution in [3.63, 3.8) is 0 Å². The molecule has 0 aromatic carbocycles. The summed E-state index contributed by atoms with van der Waals surface area (Å²) < 4.78 is 0.622. The fraction of sp³-hybridized carbons (Fsp3) is 1.00. The van der Waals surface area contributed by atoms with Gasteiger partial charge in [-0.2, -0.15) is 5.84 Å². The van der Waals surface area contributed by atoms with Gasteiger partial charge in [0.05, 0.1) is 20.6 Å². The Morgan fingerprint density at radius 2 is 1.06 bits per heavy atom. The minimum atomic E-state index is 0. The zero-order chi connectivity index (χ0) is 12.3. The Kier molecular flexibility index (Phi) is 14.9. The molecule has 2 N–H and O–H groups in total. The lowest BCUT2D eigenvalue weighted by Crippen LogP contribution is -3.00. The molecule has 0 rings (SSSR count). The fourth-order valence-electron chi connectivity index (χ4n) is 2.01. The number of unbranched alkanes of at least 4 members (excludes halogenated alkanes) is 9. The Morgan fingerprint density at radius 1 is 0.706 bits per heavy atom. The van der Waals surface area contributed by atoms with Crippen LogP contribution in [0.15, 0.2) is 0 Å². The van der Waals surface area contributed by atoms with Crippen LogP contribution in [0.2, 0.25) is 0 Å². The van der Waals surface area contributed by atoms with Gasteiger partial charge in [-0.05, 0) is 12.8 Å². The fourth-order valence-corrected chi connectivity index (χ4v) is 2.01. The van der Waals surface area contributed by atoms with Crippen molar-refractivity contribution in [2.75, 3.05) is 20.6 Å². The van der Waals surface area contributed by atoms with Crippen LogP contribution in [0.4, 0.5) is 0 Å². The number of hydrogen-bond donors (Lipinski definition) is 1. The van der Waals surface area contributed by atoms with Gasteiger partial charge in [-0.1, -0.05) is 58.3 Å². The highest BCUT2D eigenvalue weighted by Gasteiger charge is 2.06. The van der Waals surface area contributed by atoms with Crippen LogP contribution in [0.5, 0.6) is 0 Å². The molecule has 0 fully saturated rings. The molecule has 0 radical (unpaired) electrons. The number of quaternary nitrogens is 1. The molecule has 106 valence electrons. The quantitative estimate of drug-likeness (QED) is 0.260. The van der Waals surface area contributed by atoms with E-state index in [1.807, 2.05) is 0 Å². The third-order valence-corrected chi connectivity index (χ3v) is 3.09. The first kappa shape index (κ1) is 19.7. The highest BCUT2D eigenvalue weighted by molar-refractivity contribution is 4.47. The molecule has 0 saturated heterocycles. The van der Waals surface area contributed by atoms with Crippen molar-refractivity contribution in [1.29, 1.82) is 0 Å². The van der Waals surface area contributed by atoms with Gasteiger partial charge >= 0.3 is 0 Å². The number of halogens is 1. The van der Waals surface area contributed by atoms with E-state index in [9.17, 15) is 0 Å². The van der Waals surface area contributed by atoms with Crippen molar-refractivity contribution in [2.45, 2.75) is 71.1 Å². The summed E-state index contributed by atoms with van der Waals surface area (Å²) in [6.07, 6.45) is 14.0. The van der Waals surface area contributed by atoms with E-state index in [0.717, 1.165) is 6.54 Å². The average molecular weight is 309 g/mol. The third kappa shape index (κ3) is 18.9. The molecule has 0 aliphatic carbocycles. The largest absolute Gasteiger partial charge is 1.00 e. The molecule has 0 aromatic heterocycles. The summed E-state index contributed by atoms with van der Waals surface area (Å²) in [5, 5.41) is 0. The Balaban J connectivity index is 0. The molecular formula is C14H33BrN2. The van der Waals surface area contributed by atoms with Crippen LogP contribution in [0.25, 0.3) is 0 Å².